The Labute approximate surface area is 184 Å². The lowest BCUT2D eigenvalue weighted by atomic mass is 10.1. The number of aromatic amines is 1. The molecule has 2 aromatic heterocycles. The highest BCUT2D eigenvalue weighted by molar-refractivity contribution is 6.31. The minimum atomic E-state index is -0.695. The maximum Gasteiger partial charge on any atom is 0.329 e. The molecular weight excluding hydrogens is 436 g/mol. The third-order valence-corrected chi connectivity index (χ3v) is 5.95. The van der Waals surface area contributed by atoms with Crippen molar-refractivity contribution in [2.75, 3.05) is 0 Å². The summed E-state index contributed by atoms with van der Waals surface area (Å²) >= 11 is 5.99. The van der Waals surface area contributed by atoms with Crippen LogP contribution in [0.3, 0.4) is 0 Å². The molecule has 4 aromatic rings. The number of halogens is 1. The van der Waals surface area contributed by atoms with Gasteiger partial charge in [-0.1, -0.05) is 17.7 Å². The van der Waals surface area contributed by atoms with Crippen LogP contribution < -0.4 is 16.6 Å². The van der Waals surface area contributed by atoms with Crippen molar-refractivity contribution in [2.45, 2.75) is 25.4 Å². The molecule has 10 heteroatoms. The van der Waals surface area contributed by atoms with Crippen molar-refractivity contribution in [3.8, 4) is 5.88 Å². The Morgan fingerprint density at radius 1 is 1.06 bits per heavy atom. The number of hydrogen-bond donors (Lipinski definition) is 3. The molecule has 0 saturated carbocycles. The van der Waals surface area contributed by atoms with E-state index in [1.165, 1.54) is 10.6 Å². The van der Waals surface area contributed by atoms with Gasteiger partial charge in [0.15, 0.2) is 5.88 Å². The summed E-state index contributed by atoms with van der Waals surface area (Å²) in [6.45, 7) is 0.0108. The molecule has 32 heavy (non-hydrogen) atoms. The lowest BCUT2D eigenvalue weighted by molar-refractivity contribution is -0.135. The van der Waals surface area contributed by atoms with Crippen molar-refractivity contribution in [2.24, 2.45) is 0 Å². The lowest BCUT2D eigenvalue weighted by Crippen LogP contribution is -2.41. The van der Waals surface area contributed by atoms with Gasteiger partial charge in [-0.2, -0.15) is 0 Å². The molecule has 0 spiro atoms. The van der Waals surface area contributed by atoms with Gasteiger partial charge >= 0.3 is 5.69 Å². The summed E-state index contributed by atoms with van der Waals surface area (Å²) in [7, 11) is 0. The van der Waals surface area contributed by atoms with Crippen LogP contribution in [-0.4, -0.2) is 31.0 Å². The topological polar surface area (TPSA) is 126 Å². The van der Waals surface area contributed by atoms with Crippen LogP contribution in [0.5, 0.6) is 5.88 Å². The Kier molecular flexibility index (Phi) is 4.63. The SMILES string of the molecule is O=C1CCC(n2cc3cc(Cn4c(=O)[nH]c5ccc(Cl)cc5c4=O)ccc3c2O)C(=O)N1. The van der Waals surface area contributed by atoms with Gasteiger partial charge in [0.1, 0.15) is 6.04 Å². The first-order valence-electron chi connectivity index (χ1n) is 9.90. The number of carbonyl (C=O) groups is 2. The van der Waals surface area contributed by atoms with Gasteiger partial charge in [-0.3, -0.25) is 24.3 Å². The molecule has 2 amide bonds. The van der Waals surface area contributed by atoms with E-state index in [2.05, 4.69) is 10.3 Å². The van der Waals surface area contributed by atoms with E-state index < -0.39 is 23.2 Å². The van der Waals surface area contributed by atoms with Crippen molar-refractivity contribution in [1.82, 2.24) is 19.4 Å². The predicted octanol–water partition coefficient (Wildman–Crippen LogP) is 2.03. The first kappa shape index (κ1) is 20.1. The van der Waals surface area contributed by atoms with Crippen LogP contribution in [0.1, 0.15) is 24.4 Å². The molecule has 1 saturated heterocycles. The highest BCUT2D eigenvalue weighted by Gasteiger charge is 2.30. The van der Waals surface area contributed by atoms with Gasteiger partial charge in [0, 0.05) is 28.4 Å². The molecule has 9 nitrogen and oxygen atoms in total. The number of nitrogens with one attached hydrogen (secondary N) is 2. The molecule has 1 aliphatic rings. The smallest absolute Gasteiger partial charge is 0.329 e. The number of benzene rings is 2. The lowest BCUT2D eigenvalue weighted by Gasteiger charge is -2.22. The van der Waals surface area contributed by atoms with Crippen molar-refractivity contribution < 1.29 is 14.7 Å². The Morgan fingerprint density at radius 3 is 2.66 bits per heavy atom. The van der Waals surface area contributed by atoms with Crippen LogP contribution >= 0.6 is 11.6 Å². The summed E-state index contributed by atoms with van der Waals surface area (Å²) in [4.78, 5) is 51.7. The fourth-order valence-electron chi connectivity index (χ4n) is 4.11. The number of nitrogens with zero attached hydrogens (tertiary/aromatic N) is 2. The third-order valence-electron chi connectivity index (χ3n) is 5.71. The number of amides is 2. The van der Waals surface area contributed by atoms with Crippen molar-refractivity contribution in [3.05, 3.63) is 74.0 Å². The number of piperidine rings is 1. The summed E-state index contributed by atoms with van der Waals surface area (Å²) in [5, 5.41) is 14.7. The minimum Gasteiger partial charge on any atom is -0.494 e. The van der Waals surface area contributed by atoms with Gasteiger partial charge in [0.05, 0.1) is 17.4 Å². The molecule has 1 aliphatic heterocycles. The number of aromatic hydroxyl groups is 1. The number of imide groups is 1. The molecule has 1 fully saturated rings. The normalized spacial score (nSPS) is 16.6. The zero-order chi connectivity index (χ0) is 22.6. The molecule has 5 rings (SSSR count). The largest absolute Gasteiger partial charge is 0.494 e. The maximum atomic E-state index is 12.9. The van der Waals surface area contributed by atoms with Crippen LogP contribution in [0.4, 0.5) is 0 Å². The van der Waals surface area contributed by atoms with E-state index in [-0.39, 0.29) is 31.2 Å². The average Bonchev–Trinajstić information content (AvgIpc) is 3.07. The van der Waals surface area contributed by atoms with Gasteiger partial charge in [0.25, 0.3) is 5.56 Å². The van der Waals surface area contributed by atoms with E-state index in [1.807, 2.05) is 0 Å². The van der Waals surface area contributed by atoms with Crippen LogP contribution in [0, 0.1) is 0 Å². The van der Waals surface area contributed by atoms with Crippen molar-refractivity contribution >= 4 is 45.1 Å². The molecule has 1 unspecified atom stereocenters. The Hall–Kier alpha value is -3.85. The van der Waals surface area contributed by atoms with E-state index in [9.17, 15) is 24.3 Å². The molecular formula is C22H17ClN4O5. The summed E-state index contributed by atoms with van der Waals surface area (Å²) in [5.41, 5.74) is 0.0541. The van der Waals surface area contributed by atoms with Crippen molar-refractivity contribution in [3.63, 3.8) is 0 Å². The Bertz CT molecular complexity index is 1550. The first-order chi connectivity index (χ1) is 15.3. The van der Waals surface area contributed by atoms with Gasteiger partial charge < -0.3 is 14.7 Å². The monoisotopic (exact) mass is 452 g/mol. The highest BCUT2D eigenvalue weighted by atomic mass is 35.5. The summed E-state index contributed by atoms with van der Waals surface area (Å²) in [6, 6.07) is 9.09. The third kappa shape index (κ3) is 3.27. The van der Waals surface area contributed by atoms with Gasteiger partial charge in [-0.15, -0.1) is 0 Å². The molecule has 3 N–H and O–H groups in total. The standard InChI is InChI=1S/C22H17ClN4O5/c23-13-2-4-16-15(8-13)21(31)27(22(32)24-16)9-11-1-3-14-12(7-11)10-26(20(14)30)17-5-6-18(28)25-19(17)29/h1-4,7-8,10,17,30H,5-6,9H2,(H,24,32)(H,25,28,29). The average molecular weight is 453 g/mol. The van der Waals surface area contributed by atoms with Crippen LogP contribution in [-0.2, 0) is 16.1 Å². The second-order valence-electron chi connectivity index (χ2n) is 7.76. The Balaban J connectivity index is 1.54. The first-order valence-corrected chi connectivity index (χ1v) is 10.3. The molecule has 0 radical (unpaired) electrons. The number of fused-ring (bicyclic) bond motifs is 2. The molecule has 162 valence electrons. The summed E-state index contributed by atoms with van der Waals surface area (Å²) in [5.74, 6) is -0.890. The molecule has 1 atom stereocenters. The van der Waals surface area contributed by atoms with E-state index in [4.69, 9.17) is 11.6 Å². The second-order valence-corrected chi connectivity index (χ2v) is 8.20. The van der Waals surface area contributed by atoms with Crippen molar-refractivity contribution in [1.29, 1.82) is 0 Å². The van der Waals surface area contributed by atoms with Crippen LogP contribution in [0.25, 0.3) is 21.7 Å². The quantitative estimate of drug-likeness (QED) is 0.410. The maximum absolute atomic E-state index is 12.9. The zero-order valence-corrected chi connectivity index (χ0v) is 17.3. The summed E-state index contributed by atoms with van der Waals surface area (Å²) < 4.78 is 2.52. The second kappa shape index (κ2) is 7.38. The van der Waals surface area contributed by atoms with Gasteiger partial charge in [0.2, 0.25) is 11.8 Å². The summed E-state index contributed by atoms with van der Waals surface area (Å²) in [6.07, 6.45) is 2.10. The fourth-order valence-corrected chi connectivity index (χ4v) is 4.28. The predicted molar refractivity (Wildman–Crippen MR) is 118 cm³/mol. The van der Waals surface area contributed by atoms with Crippen LogP contribution in [0.2, 0.25) is 5.02 Å². The molecule has 2 aromatic carbocycles. The van der Waals surface area contributed by atoms with E-state index in [0.717, 1.165) is 4.57 Å². The van der Waals surface area contributed by atoms with E-state index in [0.29, 0.717) is 32.3 Å². The minimum absolute atomic E-state index is 0.0108. The number of carbonyl (C=O) groups excluding carboxylic acids is 2. The fraction of sp³-hybridized carbons (Fsp3) is 0.182. The molecule has 3 heterocycles. The van der Waals surface area contributed by atoms with Gasteiger partial charge in [-0.05, 0) is 42.3 Å². The van der Waals surface area contributed by atoms with E-state index >= 15 is 0 Å². The number of rotatable bonds is 3. The van der Waals surface area contributed by atoms with E-state index in [1.54, 1.807) is 36.5 Å². The highest BCUT2D eigenvalue weighted by Crippen LogP contribution is 2.33. The molecule has 0 bridgehead atoms. The zero-order valence-electron chi connectivity index (χ0n) is 16.6. The number of hydrogen-bond acceptors (Lipinski definition) is 5. The van der Waals surface area contributed by atoms with Gasteiger partial charge in [-0.25, -0.2) is 4.79 Å². The van der Waals surface area contributed by atoms with Crippen LogP contribution in [0.15, 0.2) is 52.2 Å². The molecule has 0 aliphatic carbocycles. The number of aromatic nitrogens is 3. The number of H-pyrrole nitrogens is 1. The Morgan fingerprint density at radius 2 is 1.88 bits per heavy atom.